The summed E-state index contributed by atoms with van der Waals surface area (Å²) < 4.78 is 7.27. The molecule has 0 bridgehead atoms. The van der Waals surface area contributed by atoms with E-state index in [9.17, 15) is 4.79 Å². The van der Waals surface area contributed by atoms with E-state index in [4.69, 9.17) is 0 Å². The van der Waals surface area contributed by atoms with Gasteiger partial charge < -0.3 is 9.30 Å². The van der Waals surface area contributed by atoms with Crippen molar-refractivity contribution in [3.8, 4) is 0 Å². The summed E-state index contributed by atoms with van der Waals surface area (Å²) in [6, 6.07) is 1.88. The molecule has 0 atom stereocenters. The molecule has 2 aromatic rings. The van der Waals surface area contributed by atoms with E-state index in [0.717, 1.165) is 15.8 Å². The number of hydrogen-bond donors (Lipinski definition) is 0. The molecule has 2 aromatic heterocycles. The average molecular weight is 284 g/mol. The van der Waals surface area contributed by atoms with Crippen LogP contribution < -0.4 is 0 Å². The third-order valence-electron chi connectivity index (χ3n) is 2.28. The number of methoxy groups -OCH3 is 1. The summed E-state index contributed by atoms with van der Waals surface area (Å²) in [5.74, 6) is 0.438. The Kier molecular flexibility index (Phi) is 2.91. The van der Waals surface area contributed by atoms with Gasteiger partial charge in [-0.25, -0.2) is 9.97 Å². The van der Waals surface area contributed by atoms with Gasteiger partial charge in [-0.05, 0) is 28.9 Å². The third-order valence-corrected chi connectivity index (χ3v) is 2.71. The summed E-state index contributed by atoms with van der Waals surface area (Å²) in [7, 11) is 1.37. The zero-order valence-electron chi connectivity index (χ0n) is 8.90. The molecule has 6 heteroatoms. The minimum absolute atomic E-state index is 0.150. The number of fused-ring (bicyclic) bond motifs is 1. The van der Waals surface area contributed by atoms with Crippen molar-refractivity contribution in [2.24, 2.45) is 0 Å². The molecule has 84 valence electrons. The minimum Gasteiger partial charge on any atom is -0.468 e. The summed E-state index contributed by atoms with van der Waals surface area (Å²) in [4.78, 5) is 19.7. The molecule has 2 rings (SSSR count). The van der Waals surface area contributed by atoms with Gasteiger partial charge in [-0.3, -0.25) is 4.79 Å². The van der Waals surface area contributed by atoms with Crippen molar-refractivity contribution in [3.05, 3.63) is 22.6 Å². The number of halogens is 1. The fourth-order valence-corrected chi connectivity index (χ4v) is 1.81. The number of hydrogen-bond acceptors (Lipinski definition) is 4. The molecule has 0 spiro atoms. The fraction of sp³-hybridized carbons (Fsp3) is 0.300. The molecule has 16 heavy (non-hydrogen) atoms. The first kappa shape index (κ1) is 11.1. The van der Waals surface area contributed by atoms with Crippen LogP contribution >= 0.6 is 15.9 Å². The molecule has 0 aliphatic heterocycles. The van der Waals surface area contributed by atoms with Crippen molar-refractivity contribution in [3.63, 3.8) is 0 Å². The number of imidazole rings is 1. The van der Waals surface area contributed by atoms with Crippen LogP contribution in [0.1, 0.15) is 5.82 Å². The first-order valence-corrected chi connectivity index (χ1v) is 5.46. The second-order valence-corrected chi connectivity index (χ2v) is 4.23. The second-order valence-electron chi connectivity index (χ2n) is 3.32. The molecule has 2 heterocycles. The molecule has 0 radical (unpaired) electrons. The summed E-state index contributed by atoms with van der Waals surface area (Å²) in [5, 5.41) is 0. The van der Waals surface area contributed by atoms with Gasteiger partial charge in [0.2, 0.25) is 0 Å². The Morgan fingerprint density at radius 2 is 2.38 bits per heavy atom. The van der Waals surface area contributed by atoms with E-state index in [1.54, 1.807) is 10.8 Å². The normalized spacial score (nSPS) is 10.7. The van der Waals surface area contributed by atoms with Gasteiger partial charge >= 0.3 is 5.97 Å². The molecule has 0 saturated heterocycles. The van der Waals surface area contributed by atoms with Gasteiger partial charge in [0.25, 0.3) is 0 Å². The number of ether oxygens (including phenoxy) is 1. The lowest BCUT2D eigenvalue weighted by molar-refractivity contribution is -0.141. The van der Waals surface area contributed by atoms with Crippen LogP contribution in [0.3, 0.4) is 0 Å². The number of aryl methyl sites for hydroxylation is 1. The van der Waals surface area contributed by atoms with Crippen LogP contribution in [-0.2, 0) is 16.1 Å². The second kappa shape index (κ2) is 4.21. The summed E-state index contributed by atoms with van der Waals surface area (Å²) in [5.41, 5.74) is 1.45. The van der Waals surface area contributed by atoms with E-state index in [0.29, 0.717) is 5.65 Å². The van der Waals surface area contributed by atoms with Gasteiger partial charge in [-0.15, -0.1) is 0 Å². The highest BCUT2D eigenvalue weighted by Gasteiger charge is 2.12. The lowest BCUT2D eigenvalue weighted by Gasteiger charge is -2.04. The Morgan fingerprint density at radius 1 is 1.62 bits per heavy atom. The van der Waals surface area contributed by atoms with Gasteiger partial charge in [0.15, 0.2) is 5.65 Å². The first-order valence-electron chi connectivity index (χ1n) is 4.67. The average Bonchev–Trinajstić information content (AvgIpc) is 2.55. The molecule has 0 unspecified atom stereocenters. The highest BCUT2D eigenvalue weighted by molar-refractivity contribution is 9.10. The Balaban J connectivity index is 2.54. The number of aromatic nitrogens is 3. The molecule has 0 aliphatic carbocycles. The first-order chi connectivity index (χ1) is 7.61. The number of carbonyl (C=O) groups excluding carboxylic acids is 1. The maximum absolute atomic E-state index is 11.3. The summed E-state index contributed by atoms with van der Waals surface area (Å²) in [6.07, 6.45) is 1.68. The molecular formula is C10H10BrN3O2. The van der Waals surface area contributed by atoms with Gasteiger partial charge in [-0.1, -0.05) is 0 Å². The lowest BCUT2D eigenvalue weighted by atomic mass is 10.4. The van der Waals surface area contributed by atoms with Crippen LogP contribution in [0.2, 0.25) is 0 Å². The van der Waals surface area contributed by atoms with Crippen molar-refractivity contribution < 1.29 is 9.53 Å². The van der Waals surface area contributed by atoms with Crippen molar-refractivity contribution in [1.82, 2.24) is 14.5 Å². The number of esters is 1. The van der Waals surface area contributed by atoms with E-state index in [2.05, 4.69) is 30.6 Å². The molecule has 0 N–H and O–H groups in total. The number of rotatable bonds is 2. The minimum atomic E-state index is -0.303. The van der Waals surface area contributed by atoms with Crippen molar-refractivity contribution in [1.29, 1.82) is 0 Å². The largest absolute Gasteiger partial charge is 0.468 e. The van der Waals surface area contributed by atoms with Gasteiger partial charge in [-0.2, -0.15) is 0 Å². The van der Waals surface area contributed by atoms with E-state index in [-0.39, 0.29) is 12.5 Å². The lowest BCUT2D eigenvalue weighted by Crippen LogP contribution is -2.12. The maximum atomic E-state index is 11.3. The van der Waals surface area contributed by atoms with Crippen LogP contribution in [-0.4, -0.2) is 27.6 Å². The fourth-order valence-electron chi connectivity index (χ4n) is 1.49. The predicted octanol–water partition coefficient (Wildman–Crippen LogP) is 1.68. The predicted molar refractivity (Wildman–Crippen MR) is 62.0 cm³/mol. The third kappa shape index (κ3) is 1.92. The number of nitrogens with zero attached hydrogens (tertiary/aromatic N) is 3. The molecule has 0 aliphatic rings. The Labute approximate surface area is 101 Å². The van der Waals surface area contributed by atoms with E-state index < -0.39 is 0 Å². The van der Waals surface area contributed by atoms with Crippen molar-refractivity contribution in [2.45, 2.75) is 13.5 Å². The van der Waals surface area contributed by atoms with Crippen LogP contribution in [0.4, 0.5) is 0 Å². The van der Waals surface area contributed by atoms with E-state index in [1.807, 2.05) is 13.0 Å². The van der Waals surface area contributed by atoms with Crippen LogP contribution in [0, 0.1) is 6.92 Å². The molecular weight excluding hydrogens is 274 g/mol. The SMILES string of the molecule is COC(=O)Cn1c(C)nc2ncc(Br)cc21. The van der Waals surface area contributed by atoms with Gasteiger partial charge in [0.1, 0.15) is 12.4 Å². The van der Waals surface area contributed by atoms with Crippen LogP contribution in [0.25, 0.3) is 11.2 Å². The molecule has 0 saturated carbocycles. The quantitative estimate of drug-likeness (QED) is 0.787. The zero-order chi connectivity index (χ0) is 11.7. The molecule has 0 amide bonds. The van der Waals surface area contributed by atoms with Crippen LogP contribution in [0.15, 0.2) is 16.7 Å². The molecule has 5 nitrogen and oxygen atoms in total. The topological polar surface area (TPSA) is 57.0 Å². The smallest absolute Gasteiger partial charge is 0.325 e. The standard InChI is InChI=1S/C10H10BrN3O2/c1-6-13-10-8(3-7(11)4-12-10)14(6)5-9(15)16-2/h3-4H,5H2,1-2H3. The number of pyridine rings is 1. The van der Waals surface area contributed by atoms with Crippen LogP contribution in [0.5, 0.6) is 0 Å². The van der Waals surface area contributed by atoms with E-state index in [1.165, 1.54) is 7.11 Å². The molecule has 0 aromatic carbocycles. The summed E-state index contributed by atoms with van der Waals surface area (Å²) in [6.45, 7) is 1.98. The number of carbonyl (C=O) groups is 1. The van der Waals surface area contributed by atoms with E-state index >= 15 is 0 Å². The Bertz CT molecular complexity index is 550. The Morgan fingerprint density at radius 3 is 3.06 bits per heavy atom. The van der Waals surface area contributed by atoms with Crippen molar-refractivity contribution >= 4 is 33.1 Å². The highest BCUT2D eigenvalue weighted by atomic mass is 79.9. The Hall–Kier alpha value is -1.43. The molecule has 0 fully saturated rings. The maximum Gasteiger partial charge on any atom is 0.325 e. The zero-order valence-corrected chi connectivity index (χ0v) is 10.5. The highest BCUT2D eigenvalue weighted by Crippen LogP contribution is 2.18. The summed E-state index contributed by atoms with van der Waals surface area (Å²) >= 11 is 3.34. The monoisotopic (exact) mass is 283 g/mol. The van der Waals surface area contributed by atoms with Gasteiger partial charge in [0, 0.05) is 10.7 Å². The van der Waals surface area contributed by atoms with Crippen molar-refractivity contribution in [2.75, 3.05) is 7.11 Å². The van der Waals surface area contributed by atoms with Gasteiger partial charge in [0.05, 0.1) is 12.6 Å².